The van der Waals surface area contributed by atoms with Gasteiger partial charge in [-0.3, -0.25) is 19.0 Å². The van der Waals surface area contributed by atoms with Crippen molar-refractivity contribution in [2.75, 3.05) is 0 Å². The number of primary amides is 1. The second kappa shape index (κ2) is 26.1. The van der Waals surface area contributed by atoms with Gasteiger partial charge in [0.25, 0.3) is 0 Å². The third-order valence-corrected chi connectivity index (χ3v) is 8.76. The molecule has 2 aromatic rings. The van der Waals surface area contributed by atoms with Crippen molar-refractivity contribution >= 4 is 22.8 Å². The van der Waals surface area contributed by atoms with E-state index in [1.807, 2.05) is 67.5 Å². The average molecular weight is 888 g/mol. The summed E-state index contributed by atoms with van der Waals surface area (Å²) in [5.74, 6) is -1.99. The molecule has 0 radical (unpaired) electrons. The van der Waals surface area contributed by atoms with Crippen LogP contribution >= 0.6 is 0 Å². The third kappa shape index (κ3) is 21.5. The number of nitrogens with two attached hydrogens (primary N) is 3. The summed E-state index contributed by atoms with van der Waals surface area (Å²) >= 11 is 0. The highest BCUT2D eigenvalue weighted by Crippen LogP contribution is 2.34. The third-order valence-electron chi connectivity index (χ3n) is 8.76. The Labute approximate surface area is 365 Å². The predicted molar refractivity (Wildman–Crippen MR) is 239 cm³/mol. The zero-order valence-electron chi connectivity index (χ0n) is 39.6. The van der Waals surface area contributed by atoms with Gasteiger partial charge in [0.15, 0.2) is 17.2 Å². The zero-order valence-corrected chi connectivity index (χ0v) is 39.6. The highest BCUT2D eigenvalue weighted by molar-refractivity contribution is 6.21. The molecule has 0 saturated heterocycles. The highest BCUT2D eigenvalue weighted by Gasteiger charge is 2.37. The van der Waals surface area contributed by atoms with Gasteiger partial charge in [-0.15, -0.1) is 0 Å². The van der Waals surface area contributed by atoms with Crippen LogP contribution in [0.15, 0.2) is 71.1 Å². The number of halogens is 7. The van der Waals surface area contributed by atoms with Gasteiger partial charge in [0, 0.05) is 28.1 Å². The van der Waals surface area contributed by atoms with Crippen LogP contribution in [0.4, 0.5) is 30.7 Å². The molecule has 0 bridgehead atoms. The molecule has 0 saturated carbocycles. The predicted octanol–water partition coefficient (Wildman–Crippen LogP) is 12.0. The van der Waals surface area contributed by atoms with Gasteiger partial charge in [0.2, 0.25) is 5.91 Å². The van der Waals surface area contributed by atoms with Crippen molar-refractivity contribution in [3.63, 3.8) is 0 Å². The topological polar surface area (TPSA) is 148 Å². The summed E-state index contributed by atoms with van der Waals surface area (Å²) in [5.41, 5.74) is 15.4. The molecule has 9 nitrogen and oxygen atoms in total. The Bertz CT molecular complexity index is 1920. The number of nitrogens with zero attached hydrogens (tertiary/aromatic N) is 4. The van der Waals surface area contributed by atoms with E-state index in [1.165, 1.54) is 29.8 Å². The summed E-state index contributed by atoms with van der Waals surface area (Å²) in [7, 11) is 0. The first-order valence-corrected chi connectivity index (χ1v) is 20.7. The van der Waals surface area contributed by atoms with Gasteiger partial charge in [-0.05, 0) is 110 Å². The lowest BCUT2D eigenvalue weighted by molar-refractivity contribution is -0.142. The molecule has 16 heteroatoms. The highest BCUT2D eigenvalue weighted by atomic mass is 19.4. The van der Waals surface area contributed by atoms with Gasteiger partial charge >= 0.3 is 12.4 Å². The Morgan fingerprint density at radius 1 is 0.774 bits per heavy atom. The van der Waals surface area contributed by atoms with E-state index < -0.39 is 58.3 Å². The second-order valence-electron chi connectivity index (χ2n) is 16.4. The fraction of sp³-hybridized carbons (Fsp3) is 0.565. The number of carbonyl (C=O) groups is 2. The lowest BCUT2D eigenvalue weighted by Crippen LogP contribution is -2.38. The van der Waals surface area contributed by atoms with E-state index in [9.17, 15) is 40.3 Å². The first-order valence-electron chi connectivity index (χ1n) is 20.7. The number of allylic oxidation sites excluding steroid dienone is 11. The summed E-state index contributed by atoms with van der Waals surface area (Å²) in [4.78, 5) is 23.8. The molecule has 2 rings (SSSR count). The molecule has 62 heavy (non-hydrogen) atoms. The van der Waals surface area contributed by atoms with Crippen LogP contribution in [0.1, 0.15) is 146 Å². The number of aromatic nitrogens is 4. The first kappa shape index (κ1) is 59.5. The molecule has 0 fully saturated rings. The van der Waals surface area contributed by atoms with Crippen molar-refractivity contribution < 1.29 is 40.3 Å². The number of Topliss-reactive ketones (excluding diaryl/α,β-unsaturated/α-hetero) is 1. The van der Waals surface area contributed by atoms with Crippen molar-refractivity contribution in [1.82, 2.24) is 19.6 Å². The molecule has 0 aliphatic carbocycles. The molecule has 0 aromatic carbocycles. The van der Waals surface area contributed by atoms with E-state index in [2.05, 4.69) is 10.2 Å². The second-order valence-corrected chi connectivity index (χ2v) is 16.4. The maximum absolute atomic E-state index is 14.9. The first-order chi connectivity index (χ1) is 28.2. The Morgan fingerprint density at radius 3 is 1.53 bits per heavy atom. The molecule has 1 atom stereocenters. The number of amides is 1. The summed E-state index contributed by atoms with van der Waals surface area (Å²) in [6.45, 7) is 28.7. The summed E-state index contributed by atoms with van der Waals surface area (Å²) < 4.78 is 96.7. The number of hydrogen-bond donors (Lipinski definition) is 3. The number of rotatable bonds is 15. The van der Waals surface area contributed by atoms with Crippen molar-refractivity contribution in [1.29, 1.82) is 0 Å². The SMILES string of the molecule is C/C(=C\C=C(/C(=O)C(C)C)c1cc(C(F)(F)F)nn1CC(C)(C)N)C(N)=O.C/C=C\C.CC.CC\C(C)=C(C)/C(F)=C\C(=C/C(C)CC)c1cc(C(F)(F)F)nn1CC(C)(C)N. The quantitative estimate of drug-likeness (QED) is 0.0702. The Balaban J connectivity index is 0. The lowest BCUT2D eigenvalue weighted by atomic mass is 9.97. The molecule has 6 N–H and O–H groups in total. The van der Waals surface area contributed by atoms with Crippen LogP contribution in [0.2, 0.25) is 0 Å². The minimum atomic E-state index is -4.68. The van der Waals surface area contributed by atoms with Crippen LogP contribution in [-0.4, -0.2) is 42.3 Å². The Kier molecular flexibility index (Phi) is 25.1. The molecule has 2 heterocycles. The van der Waals surface area contributed by atoms with Crippen molar-refractivity contribution in [3.8, 4) is 0 Å². The van der Waals surface area contributed by atoms with Gasteiger partial charge < -0.3 is 17.2 Å². The van der Waals surface area contributed by atoms with Gasteiger partial charge in [-0.1, -0.05) is 84.8 Å². The van der Waals surface area contributed by atoms with Crippen LogP contribution in [0, 0.1) is 11.8 Å². The Hall–Kier alpha value is -4.57. The van der Waals surface area contributed by atoms with Gasteiger partial charge in [-0.2, -0.15) is 36.5 Å². The van der Waals surface area contributed by atoms with Gasteiger partial charge in [0.05, 0.1) is 24.5 Å². The van der Waals surface area contributed by atoms with Gasteiger partial charge in [0.1, 0.15) is 5.83 Å². The summed E-state index contributed by atoms with van der Waals surface area (Å²) in [6, 6.07) is 1.78. The van der Waals surface area contributed by atoms with E-state index in [1.54, 1.807) is 54.5 Å². The number of hydrogen-bond acceptors (Lipinski definition) is 6. The molecular formula is C46H72F7N7O2. The number of carbonyl (C=O) groups excluding carboxylic acids is 2. The van der Waals surface area contributed by atoms with E-state index >= 15 is 0 Å². The standard InChI is InChI=1S/C22H33F4N3.C18H25F3N4O2.C4H8.C2H6/c1-8-14(3)10-17(11-18(23)16(5)15(4)9-2)19-12-20(22(24,25)26)28-29(19)13-21(6,7)27;1-10(2)15(26)12(7-6-11(3)16(22)27)13-8-14(18(19,20)21)24-25(13)9-17(4,5)23;1-3-4-2;1-2/h10-12,14H,8-9,13,27H2,1-7H3;6-8,10H,9,23H2,1-5H3,(H2,22,27);3-4H,1-2H3;1-2H3/b16-15-,17-10+,18-11+;11-6+,12-7-;4-3-;. The van der Waals surface area contributed by atoms with Crippen LogP contribution in [0.25, 0.3) is 11.1 Å². The Morgan fingerprint density at radius 2 is 1.19 bits per heavy atom. The smallest absolute Gasteiger partial charge is 0.366 e. The van der Waals surface area contributed by atoms with E-state index in [0.29, 0.717) is 17.6 Å². The fourth-order valence-electron chi connectivity index (χ4n) is 4.81. The van der Waals surface area contributed by atoms with Crippen LogP contribution in [0.5, 0.6) is 0 Å². The maximum atomic E-state index is 14.9. The molecule has 2 aromatic heterocycles. The van der Waals surface area contributed by atoms with Gasteiger partial charge in [-0.25, -0.2) is 4.39 Å². The van der Waals surface area contributed by atoms with Crippen LogP contribution in [-0.2, 0) is 35.0 Å². The van der Waals surface area contributed by atoms with E-state index in [-0.39, 0.29) is 41.5 Å². The monoisotopic (exact) mass is 888 g/mol. The molecule has 1 unspecified atom stereocenters. The molecule has 352 valence electrons. The molecule has 0 spiro atoms. The largest absolute Gasteiger partial charge is 0.435 e. The lowest BCUT2D eigenvalue weighted by Gasteiger charge is -2.21. The van der Waals surface area contributed by atoms with Crippen LogP contribution in [0.3, 0.4) is 0 Å². The normalized spacial score (nSPS) is 14.4. The van der Waals surface area contributed by atoms with E-state index in [4.69, 9.17) is 17.2 Å². The average Bonchev–Trinajstić information content (AvgIpc) is 3.78. The molecule has 0 aliphatic heterocycles. The van der Waals surface area contributed by atoms with Crippen molar-refractivity contribution in [2.24, 2.45) is 29.0 Å². The fourth-order valence-corrected chi connectivity index (χ4v) is 4.81. The maximum Gasteiger partial charge on any atom is 0.435 e. The molecule has 1 amide bonds. The van der Waals surface area contributed by atoms with Crippen molar-refractivity contribution in [3.05, 3.63) is 93.9 Å². The summed E-state index contributed by atoms with van der Waals surface area (Å²) in [5, 5.41) is 7.33. The molecular weight excluding hydrogens is 816 g/mol. The van der Waals surface area contributed by atoms with Crippen molar-refractivity contribution in [2.45, 2.75) is 160 Å². The van der Waals surface area contributed by atoms with Crippen LogP contribution < -0.4 is 17.2 Å². The molecule has 0 aliphatic rings. The minimum absolute atomic E-state index is 0.00199. The minimum Gasteiger partial charge on any atom is -0.366 e. The zero-order chi connectivity index (χ0) is 49.1. The number of alkyl halides is 6. The van der Waals surface area contributed by atoms with E-state index in [0.717, 1.165) is 28.8 Å². The number of ketones is 1. The summed E-state index contributed by atoms with van der Waals surface area (Å²) in [6.07, 6.45) is 1.86.